The molecule has 0 spiro atoms. The Morgan fingerprint density at radius 3 is 2.38 bits per heavy atom. The summed E-state index contributed by atoms with van der Waals surface area (Å²) in [6.45, 7) is 8.53. The maximum atomic E-state index is 11.7. The van der Waals surface area contributed by atoms with Crippen molar-refractivity contribution in [3.8, 4) is 17.2 Å². The summed E-state index contributed by atoms with van der Waals surface area (Å²) < 4.78 is 17.0. The Labute approximate surface area is 143 Å². The molecule has 0 aliphatic rings. The highest BCUT2D eigenvalue weighted by Gasteiger charge is 2.15. The fourth-order valence-electron chi connectivity index (χ4n) is 2.38. The van der Waals surface area contributed by atoms with Crippen LogP contribution in [0, 0.1) is 13.8 Å². The molecule has 0 aliphatic heterocycles. The van der Waals surface area contributed by atoms with Gasteiger partial charge in [-0.25, -0.2) is 0 Å². The minimum atomic E-state index is -0.281. The Hall–Kier alpha value is -2.49. The fourth-order valence-corrected chi connectivity index (χ4v) is 2.38. The predicted molar refractivity (Wildman–Crippen MR) is 93.8 cm³/mol. The molecule has 0 aliphatic carbocycles. The van der Waals surface area contributed by atoms with Gasteiger partial charge in [-0.3, -0.25) is 4.79 Å². The third-order valence-corrected chi connectivity index (χ3v) is 3.60. The van der Waals surface area contributed by atoms with Gasteiger partial charge in [-0.1, -0.05) is 30.7 Å². The number of ether oxygens (including phenoxy) is 3. The van der Waals surface area contributed by atoms with Gasteiger partial charge in [-0.15, -0.1) is 0 Å². The summed E-state index contributed by atoms with van der Waals surface area (Å²) >= 11 is 0. The number of aryl methyl sites for hydroxylation is 2. The smallest absolute Gasteiger partial charge is 0.310 e. The molecule has 2 aromatic rings. The van der Waals surface area contributed by atoms with Crippen molar-refractivity contribution in [3.63, 3.8) is 0 Å². The molecule has 4 nitrogen and oxygen atoms in total. The lowest BCUT2D eigenvalue weighted by Crippen LogP contribution is -2.10. The van der Waals surface area contributed by atoms with Crippen LogP contribution in [0.25, 0.3) is 0 Å². The van der Waals surface area contributed by atoms with E-state index in [1.54, 1.807) is 13.0 Å². The van der Waals surface area contributed by atoms with Crippen LogP contribution in [0.3, 0.4) is 0 Å². The molecule has 0 heterocycles. The molecule has 24 heavy (non-hydrogen) atoms. The normalized spacial score (nSPS) is 10.3. The lowest BCUT2D eigenvalue weighted by atomic mass is 10.1. The summed E-state index contributed by atoms with van der Waals surface area (Å²) in [5, 5.41) is 0. The van der Waals surface area contributed by atoms with Crippen molar-refractivity contribution in [1.82, 2.24) is 0 Å². The van der Waals surface area contributed by atoms with Gasteiger partial charge in [0.05, 0.1) is 12.2 Å². The van der Waals surface area contributed by atoms with E-state index in [2.05, 4.69) is 6.07 Å². The predicted octanol–water partition coefficient (Wildman–Crippen LogP) is 4.60. The highest BCUT2D eigenvalue weighted by molar-refractivity contribution is 5.72. The first kappa shape index (κ1) is 17.9. The van der Waals surface area contributed by atoms with Gasteiger partial charge >= 0.3 is 5.97 Å². The lowest BCUT2D eigenvalue weighted by molar-refractivity contribution is -0.134. The molecule has 0 unspecified atom stereocenters. The van der Waals surface area contributed by atoms with Gasteiger partial charge in [0.1, 0.15) is 23.9 Å². The Morgan fingerprint density at radius 2 is 1.71 bits per heavy atom. The summed E-state index contributed by atoms with van der Waals surface area (Å²) in [4.78, 5) is 11.7. The zero-order valence-corrected chi connectivity index (χ0v) is 14.7. The number of hydrogen-bond acceptors (Lipinski definition) is 4. The van der Waals surface area contributed by atoms with Crippen LogP contribution in [0.1, 0.15) is 37.0 Å². The van der Waals surface area contributed by atoms with E-state index in [1.807, 2.05) is 45.0 Å². The van der Waals surface area contributed by atoms with Crippen LogP contribution in [0.15, 0.2) is 36.4 Å². The summed E-state index contributed by atoms with van der Waals surface area (Å²) in [6, 6.07) is 11.5. The van der Waals surface area contributed by atoms with Crippen molar-refractivity contribution in [2.45, 2.75) is 40.7 Å². The van der Waals surface area contributed by atoms with Gasteiger partial charge in [0, 0.05) is 6.42 Å². The van der Waals surface area contributed by atoms with Crippen LogP contribution in [-0.4, -0.2) is 12.6 Å². The van der Waals surface area contributed by atoms with Gasteiger partial charge in [0.2, 0.25) is 0 Å². The van der Waals surface area contributed by atoms with E-state index in [0.29, 0.717) is 24.5 Å². The number of carbonyl (C=O) groups is 1. The molecular weight excluding hydrogens is 304 g/mol. The van der Waals surface area contributed by atoms with E-state index in [9.17, 15) is 4.79 Å². The standard InChI is InChI=1S/C20H24O4/c1-5-20(21)24-19-9-7-8-18(22-6-2)16(19)13-23-17-11-10-14(3)12-15(17)4/h7-12H,5-6,13H2,1-4H3. The van der Waals surface area contributed by atoms with E-state index in [1.165, 1.54) is 5.56 Å². The zero-order chi connectivity index (χ0) is 17.5. The van der Waals surface area contributed by atoms with E-state index in [4.69, 9.17) is 14.2 Å². The van der Waals surface area contributed by atoms with Crippen molar-refractivity contribution in [2.24, 2.45) is 0 Å². The molecule has 0 N–H and O–H groups in total. The van der Waals surface area contributed by atoms with Crippen molar-refractivity contribution < 1.29 is 19.0 Å². The van der Waals surface area contributed by atoms with Crippen molar-refractivity contribution in [1.29, 1.82) is 0 Å². The Bertz CT molecular complexity index is 707. The maximum absolute atomic E-state index is 11.7. The maximum Gasteiger partial charge on any atom is 0.310 e. The summed E-state index contributed by atoms with van der Waals surface area (Å²) in [7, 11) is 0. The topological polar surface area (TPSA) is 44.8 Å². The highest BCUT2D eigenvalue weighted by atomic mass is 16.5. The summed E-state index contributed by atoms with van der Waals surface area (Å²) in [5.41, 5.74) is 2.99. The average Bonchev–Trinajstić information content (AvgIpc) is 2.56. The minimum absolute atomic E-state index is 0.270. The van der Waals surface area contributed by atoms with E-state index >= 15 is 0 Å². The van der Waals surface area contributed by atoms with E-state index < -0.39 is 0 Å². The van der Waals surface area contributed by atoms with Crippen molar-refractivity contribution in [2.75, 3.05) is 6.61 Å². The molecule has 0 amide bonds. The third-order valence-electron chi connectivity index (χ3n) is 3.60. The quantitative estimate of drug-likeness (QED) is 0.550. The minimum Gasteiger partial charge on any atom is -0.493 e. The van der Waals surface area contributed by atoms with Crippen LogP contribution < -0.4 is 14.2 Å². The SMILES string of the molecule is CCOc1cccc(OC(=O)CC)c1COc1ccc(C)cc1C. The Morgan fingerprint density at radius 1 is 0.958 bits per heavy atom. The van der Waals surface area contributed by atoms with E-state index in [0.717, 1.165) is 16.9 Å². The summed E-state index contributed by atoms with van der Waals surface area (Å²) in [6.07, 6.45) is 0.316. The monoisotopic (exact) mass is 328 g/mol. The van der Waals surface area contributed by atoms with E-state index in [-0.39, 0.29) is 12.6 Å². The molecule has 0 atom stereocenters. The number of rotatable bonds is 7. The van der Waals surface area contributed by atoms with Gasteiger partial charge in [-0.05, 0) is 44.5 Å². The molecule has 2 rings (SSSR count). The first-order valence-corrected chi connectivity index (χ1v) is 8.20. The van der Waals surface area contributed by atoms with Crippen LogP contribution in [0.2, 0.25) is 0 Å². The molecule has 0 radical (unpaired) electrons. The Kier molecular flexibility index (Phi) is 6.24. The summed E-state index contributed by atoms with van der Waals surface area (Å²) in [5.74, 6) is 1.68. The average molecular weight is 328 g/mol. The van der Waals surface area contributed by atoms with Crippen LogP contribution >= 0.6 is 0 Å². The second-order valence-corrected chi connectivity index (χ2v) is 5.55. The largest absolute Gasteiger partial charge is 0.493 e. The second-order valence-electron chi connectivity index (χ2n) is 5.55. The molecule has 0 saturated carbocycles. The molecule has 0 saturated heterocycles. The molecule has 2 aromatic carbocycles. The van der Waals surface area contributed by atoms with Crippen LogP contribution in [0.4, 0.5) is 0 Å². The molecule has 0 bridgehead atoms. The van der Waals surface area contributed by atoms with Crippen molar-refractivity contribution >= 4 is 5.97 Å². The fraction of sp³-hybridized carbons (Fsp3) is 0.350. The number of hydrogen-bond donors (Lipinski definition) is 0. The number of esters is 1. The molecule has 4 heteroatoms. The second kappa shape index (κ2) is 8.39. The Balaban J connectivity index is 2.26. The van der Waals surface area contributed by atoms with Gasteiger partial charge < -0.3 is 14.2 Å². The molecular formula is C20H24O4. The first-order chi connectivity index (χ1) is 11.5. The molecule has 0 fully saturated rings. The van der Waals surface area contributed by atoms with Crippen LogP contribution in [-0.2, 0) is 11.4 Å². The van der Waals surface area contributed by atoms with Crippen LogP contribution in [0.5, 0.6) is 17.2 Å². The van der Waals surface area contributed by atoms with Crippen molar-refractivity contribution in [3.05, 3.63) is 53.1 Å². The molecule has 0 aromatic heterocycles. The molecule has 128 valence electrons. The third kappa shape index (κ3) is 4.51. The zero-order valence-electron chi connectivity index (χ0n) is 14.7. The van der Waals surface area contributed by atoms with Gasteiger partial charge in [0.15, 0.2) is 0 Å². The number of carbonyl (C=O) groups excluding carboxylic acids is 1. The van der Waals surface area contributed by atoms with Gasteiger partial charge in [0.25, 0.3) is 0 Å². The lowest BCUT2D eigenvalue weighted by Gasteiger charge is -2.16. The number of benzene rings is 2. The highest BCUT2D eigenvalue weighted by Crippen LogP contribution is 2.31. The van der Waals surface area contributed by atoms with Gasteiger partial charge in [-0.2, -0.15) is 0 Å². The first-order valence-electron chi connectivity index (χ1n) is 8.20.